The van der Waals surface area contributed by atoms with E-state index in [9.17, 15) is 17.6 Å². The lowest BCUT2D eigenvalue weighted by atomic mass is 9.96. The zero-order valence-corrected chi connectivity index (χ0v) is 11.5. The summed E-state index contributed by atoms with van der Waals surface area (Å²) in [5.41, 5.74) is 0. The molecule has 0 radical (unpaired) electrons. The first-order chi connectivity index (χ1) is 8.91. The number of Topliss-reactive ketones (excluding diaryl/α,β-unsaturated/α-hetero) is 1. The van der Waals surface area contributed by atoms with Crippen LogP contribution in [0.25, 0.3) is 0 Å². The van der Waals surface area contributed by atoms with Crippen molar-refractivity contribution in [3.8, 4) is 0 Å². The molecule has 1 saturated heterocycles. The second kappa shape index (κ2) is 5.38. The number of carbonyl (C=O) groups excluding carboxylic acids is 1. The number of hydrogen-bond donors (Lipinski definition) is 0. The molecule has 1 aromatic carbocycles. The Morgan fingerprint density at radius 1 is 1.42 bits per heavy atom. The lowest BCUT2D eigenvalue weighted by Crippen LogP contribution is -2.41. The van der Waals surface area contributed by atoms with Gasteiger partial charge in [-0.1, -0.05) is 6.07 Å². The van der Waals surface area contributed by atoms with E-state index in [1.807, 2.05) is 0 Å². The minimum Gasteiger partial charge on any atom is -0.300 e. The molecular weight excluding hydrogens is 269 g/mol. The largest absolute Gasteiger partial charge is 0.300 e. The topological polar surface area (TPSA) is 54.5 Å². The molecule has 0 aliphatic carbocycles. The van der Waals surface area contributed by atoms with Gasteiger partial charge in [0.05, 0.1) is 4.90 Å². The highest BCUT2D eigenvalue weighted by molar-refractivity contribution is 7.89. The Morgan fingerprint density at radius 2 is 2.16 bits per heavy atom. The van der Waals surface area contributed by atoms with Crippen molar-refractivity contribution in [1.29, 1.82) is 0 Å². The Balaban J connectivity index is 2.27. The van der Waals surface area contributed by atoms with Crippen molar-refractivity contribution in [2.24, 2.45) is 5.92 Å². The van der Waals surface area contributed by atoms with E-state index in [2.05, 4.69) is 0 Å². The highest BCUT2D eigenvalue weighted by atomic mass is 32.2. The molecule has 0 spiro atoms. The van der Waals surface area contributed by atoms with E-state index in [1.165, 1.54) is 29.4 Å². The number of sulfonamides is 1. The summed E-state index contributed by atoms with van der Waals surface area (Å²) < 4.78 is 39.1. The van der Waals surface area contributed by atoms with Crippen molar-refractivity contribution in [3.63, 3.8) is 0 Å². The highest BCUT2D eigenvalue weighted by Gasteiger charge is 2.31. The fraction of sp³-hybridized carbons (Fsp3) is 0.462. The quantitative estimate of drug-likeness (QED) is 0.851. The number of nitrogens with zero attached hydrogens (tertiary/aromatic N) is 1. The molecule has 1 fully saturated rings. The third kappa shape index (κ3) is 3.01. The lowest BCUT2D eigenvalue weighted by molar-refractivity contribution is -0.121. The molecule has 1 heterocycles. The van der Waals surface area contributed by atoms with Gasteiger partial charge in [0, 0.05) is 19.0 Å². The SMILES string of the molecule is CC(=O)C1CCCN(S(=O)(=O)c2cccc(F)c2)C1. The Kier molecular flexibility index (Phi) is 4.01. The molecule has 0 saturated carbocycles. The van der Waals surface area contributed by atoms with E-state index in [4.69, 9.17) is 0 Å². The number of carbonyl (C=O) groups is 1. The van der Waals surface area contributed by atoms with E-state index in [-0.39, 0.29) is 23.1 Å². The van der Waals surface area contributed by atoms with Gasteiger partial charge in [-0.3, -0.25) is 4.79 Å². The molecule has 2 rings (SSSR count). The minimum atomic E-state index is -3.71. The van der Waals surface area contributed by atoms with E-state index in [0.717, 1.165) is 6.07 Å². The molecule has 1 aliphatic heterocycles. The summed E-state index contributed by atoms with van der Waals surface area (Å²) in [7, 11) is -3.71. The number of hydrogen-bond acceptors (Lipinski definition) is 3. The highest BCUT2D eigenvalue weighted by Crippen LogP contribution is 2.24. The van der Waals surface area contributed by atoms with Crippen LogP contribution < -0.4 is 0 Å². The van der Waals surface area contributed by atoms with Crippen LogP contribution in [0.3, 0.4) is 0 Å². The van der Waals surface area contributed by atoms with Crippen LogP contribution in [0.1, 0.15) is 19.8 Å². The average molecular weight is 285 g/mol. The molecule has 0 aromatic heterocycles. The normalized spacial score (nSPS) is 21.3. The Labute approximate surface area is 112 Å². The second-order valence-electron chi connectivity index (χ2n) is 4.77. The summed E-state index contributed by atoms with van der Waals surface area (Å²) in [5, 5.41) is 0. The first kappa shape index (κ1) is 14.1. The van der Waals surface area contributed by atoms with Gasteiger partial charge in [-0.2, -0.15) is 4.31 Å². The molecule has 0 N–H and O–H groups in total. The smallest absolute Gasteiger partial charge is 0.243 e. The summed E-state index contributed by atoms with van der Waals surface area (Å²) in [6.45, 7) is 2.04. The van der Waals surface area contributed by atoms with Crippen LogP contribution in [-0.4, -0.2) is 31.6 Å². The molecule has 4 nitrogen and oxygen atoms in total. The second-order valence-corrected chi connectivity index (χ2v) is 6.71. The number of benzene rings is 1. The molecule has 1 aliphatic rings. The third-order valence-electron chi connectivity index (χ3n) is 3.39. The van der Waals surface area contributed by atoms with Crippen molar-refractivity contribution < 1.29 is 17.6 Å². The minimum absolute atomic E-state index is 0.000794. The number of ketones is 1. The van der Waals surface area contributed by atoms with Crippen LogP contribution >= 0.6 is 0 Å². The number of halogens is 1. The summed E-state index contributed by atoms with van der Waals surface area (Å²) >= 11 is 0. The lowest BCUT2D eigenvalue weighted by Gasteiger charge is -2.30. The summed E-state index contributed by atoms with van der Waals surface area (Å²) in [5.74, 6) is -0.836. The standard InChI is InChI=1S/C13H16FNO3S/c1-10(16)11-4-3-7-15(9-11)19(17,18)13-6-2-5-12(14)8-13/h2,5-6,8,11H,3-4,7,9H2,1H3. The Bertz CT molecular complexity index is 585. The van der Waals surface area contributed by atoms with Crippen molar-refractivity contribution in [3.05, 3.63) is 30.1 Å². The van der Waals surface area contributed by atoms with Crippen molar-refractivity contribution in [2.75, 3.05) is 13.1 Å². The average Bonchev–Trinajstić information content (AvgIpc) is 2.39. The first-order valence-corrected chi connectivity index (χ1v) is 7.61. The van der Waals surface area contributed by atoms with Crippen LogP contribution in [0.5, 0.6) is 0 Å². The van der Waals surface area contributed by atoms with E-state index in [1.54, 1.807) is 0 Å². The first-order valence-electron chi connectivity index (χ1n) is 6.17. The molecule has 104 valence electrons. The summed E-state index contributed by atoms with van der Waals surface area (Å²) in [4.78, 5) is 11.3. The van der Waals surface area contributed by atoms with Gasteiger partial charge in [0.25, 0.3) is 0 Å². The van der Waals surface area contributed by atoms with E-state index in [0.29, 0.717) is 19.4 Å². The monoisotopic (exact) mass is 285 g/mol. The van der Waals surface area contributed by atoms with Crippen LogP contribution in [0, 0.1) is 11.7 Å². The van der Waals surface area contributed by atoms with E-state index < -0.39 is 15.8 Å². The van der Waals surface area contributed by atoms with Gasteiger partial charge in [-0.15, -0.1) is 0 Å². The number of rotatable bonds is 3. The number of piperidine rings is 1. The zero-order valence-electron chi connectivity index (χ0n) is 10.7. The van der Waals surface area contributed by atoms with Gasteiger partial charge in [0.1, 0.15) is 11.6 Å². The summed E-state index contributed by atoms with van der Waals surface area (Å²) in [6.07, 6.45) is 1.36. The summed E-state index contributed by atoms with van der Waals surface area (Å²) in [6, 6.07) is 4.95. The molecule has 1 atom stereocenters. The van der Waals surface area contributed by atoms with Crippen LogP contribution in [0.2, 0.25) is 0 Å². The van der Waals surface area contributed by atoms with Crippen LogP contribution in [-0.2, 0) is 14.8 Å². The van der Waals surface area contributed by atoms with Crippen molar-refractivity contribution >= 4 is 15.8 Å². The fourth-order valence-corrected chi connectivity index (χ4v) is 3.82. The fourth-order valence-electron chi connectivity index (χ4n) is 2.27. The van der Waals surface area contributed by atoms with E-state index >= 15 is 0 Å². The molecule has 1 aromatic rings. The maximum Gasteiger partial charge on any atom is 0.243 e. The maximum atomic E-state index is 13.1. The Hall–Kier alpha value is -1.27. The third-order valence-corrected chi connectivity index (χ3v) is 5.25. The van der Waals surface area contributed by atoms with Gasteiger partial charge in [-0.25, -0.2) is 12.8 Å². The molecule has 0 amide bonds. The molecule has 0 bridgehead atoms. The van der Waals surface area contributed by atoms with Crippen molar-refractivity contribution in [2.45, 2.75) is 24.7 Å². The van der Waals surface area contributed by atoms with Gasteiger partial charge in [-0.05, 0) is 38.0 Å². The predicted octanol–water partition coefficient (Wildman–Crippen LogP) is 1.82. The van der Waals surface area contributed by atoms with Crippen LogP contribution in [0.4, 0.5) is 4.39 Å². The van der Waals surface area contributed by atoms with Crippen LogP contribution in [0.15, 0.2) is 29.2 Å². The van der Waals surface area contributed by atoms with Gasteiger partial charge < -0.3 is 0 Å². The van der Waals surface area contributed by atoms with Gasteiger partial charge >= 0.3 is 0 Å². The van der Waals surface area contributed by atoms with Crippen molar-refractivity contribution in [1.82, 2.24) is 4.31 Å². The molecule has 19 heavy (non-hydrogen) atoms. The molecule has 6 heteroatoms. The zero-order chi connectivity index (χ0) is 14.0. The van der Waals surface area contributed by atoms with Gasteiger partial charge in [0.2, 0.25) is 10.0 Å². The maximum absolute atomic E-state index is 13.1. The molecule has 1 unspecified atom stereocenters. The Morgan fingerprint density at radius 3 is 2.79 bits per heavy atom. The predicted molar refractivity (Wildman–Crippen MR) is 68.6 cm³/mol. The molecular formula is C13H16FNO3S. The van der Waals surface area contributed by atoms with Gasteiger partial charge in [0.15, 0.2) is 0 Å².